The Morgan fingerprint density at radius 3 is 2.26 bits per heavy atom. The topological polar surface area (TPSA) is 46.9 Å². The molecule has 1 saturated heterocycles. The van der Waals surface area contributed by atoms with Crippen molar-refractivity contribution in [2.45, 2.75) is 25.0 Å². The second-order valence-corrected chi connectivity index (χ2v) is 7.09. The molecule has 27 heavy (non-hydrogen) atoms. The van der Waals surface area contributed by atoms with Gasteiger partial charge in [0.25, 0.3) is 0 Å². The van der Waals surface area contributed by atoms with Crippen LogP contribution in [0.2, 0.25) is 0 Å². The smallest absolute Gasteiger partial charge is 0.243 e. The Kier molecular flexibility index (Phi) is 6.78. The van der Waals surface area contributed by atoms with Crippen LogP contribution in [0, 0.1) is 0 Å². The minimum absolute atomic E-state index is 0. The van der Waals surface area contributed by atoms with Crippen molar-refractivity contribution >= 4 is 11.4 Å². The van der Waals surface area contributed by atoms with E-state index in [1.165, 1.54) is 5.69 Å². The molecule has 0 bridgehead atoms. The Balaban J connectivity index is 0.00000131. The summed E-state index contributed by atoms with van der Waals surface area (Å²) >= 11 is 0. The highest BCUT2D eigenvalue weighted by Crippen LogP contribution is 2.33. The minimum Gasteiger partial charge on any atom is -1.00 e. The van der Waals surface area contributed by atoms with Crippen molar-refractivity contribution in [2.75, 3.05) is 17.2 Å². The van der Waals surface area contributed by atoms with E-state index in [2.05, 4.69) is 86.8 Å². The molecule has 0 aliphatic carbocycles. The molecule has 2 aromatic heterocycles. The molecule has 2 N–H and O–H groups in total. The van der Waals surface area contributed by atoms with E-state index in [0.29, 0.717) is 12.1 Å². The molecule has 3 heterocycles. The minimum atomic E-state index is 0. The summed E-state index contributed by atoms with van der Waals surface area (Å²) in [7, 11) is 4.13. The average Bonchev–Trinajstić information content (AvgIpc) is 3.29. The molecule has 1 aromatic carbocycles. The Bertz CT molecular complexity index is 857. The molecular formula is C19H26Cl2N6. The van der Waals surface area contributed by atoms with Crippen molar-refractivity contribution in [2.24, 2.45) is 14.1 Å². The van der Waals surface area contributed by atoms with Crippen LogP contribution >= 0.6 is 0 Å². The predicted molar refractivity (Wildman–Crippen MR) is 96.9 cm³/mol. The number of nitrogens with two attached hydrogens (primary N) is 1. The predicted octanol–water partition coefficient (Wildman–Crippen LogP) is -4.95. The zero-order chi connectivity index (χ0) is 17.4. The van der Waals surface area contributed by atoms with Gasteiger partial charge in [0.1, 0.15) is 37.4 Å². The maximum absolute atomic E-state index is 5.88. The van der Waals surface area contributed by atoms with Gasteiger partial charge in [0.05, 0.1) is 26.7 Å². The van der Waals surface area contributed by atoms with Gasteiger partial charge in [-0.2, -0.15) is 0 Å². The van der Waals surface area contributed by atoms with E-state index in [-0.39, 0.29) is 24.8 Å². The van der Waals surface area contributed by atoms with Gasteiger partial charge in [0.2, 0.25) is 12.7 Å². The van der Waals surface area contributed by atoms with Gasteiger partial charge >= 0.3 is 0 Å². The van der Waals surface area contributed by atoms with Crippen molar-refractivity contribution in [1.29, 1.82) is 0 Å². The zero-order valence-electron chi connectivity index (χ0n) is 15.6. The summed E-state index contributed by atoms with van der Waals surface area (Å²) in [5, 5.41) is 0. The molecule has 146 valence electrons. The van der Waals surface area contributed by atoms with Crippen LogP contribution in [0.5, 0.6) is 0 Å². The summed E-state index contributed by atoms with van der Waals surface area (Å²) in [5.74, 6) is 0. The van der Waals surface area contributed by atoms with Gasteiger partial charge in [-0.3, -0.25) is 0 Å². The number of nitrogen functional groups attached to an aromatic ring is 1. The van der Waals surface area contributed by atoms with E-state index < -0.39 is 0 Å². The lowest BCUT2D eigenvalue weighted by Crippen LogP contribution is -3.00. The fourth-order valence-electron chi connectivity index (χ4n) is 3.80. The molecule has 0 spiro atoms. The summed E-state index contributed by atoms with van der Waals surface area (Å²) < 4.78 is 8.80. The quantitative estimate of drug-likeness (QED) is 0.347. The van der Waals surface area contributed by atoms with Crippen LogP contribution < -0.4 is 44.6 Å². The van der Waals surface area contributed by atoms with Crippen LogP contribution in [0.3, 0.4) is 0 Å². The van der Waals surface area contributed by atoms with Crippen LogP contribution in [0.25, 0.3) is 0 Å². The molecule has 0 amide bonds. The summed E-state index contributed by atoms with van der Waals surface area (Å²) in [6.07, 6.45) is 13.9. The highest BCUT2D eigenvalue weighted by Gasteiger charge is 2.37. The van der Waals surface area contributed by atoms with Gasteiger partial charge in [0, 0.05) is 17.8 Å². The van der Waals surface area contributed by atoms with Crippen molar-refractivity contribution in [3.05, 3.63) is 61.7 Å². The Morgan fingerprint density at radius 2 is 1.67 bits per heavy atom. The van der Waals surface area contributed by atoms with Gasteiger partial charge in [-0.25, -0.2) is 18.3 Å². The molecule has 0 radical (unpaired) electrons. The van der Waals surface area contributed by atoms with Crippen LogP contribution in [0.1, 0.15) is 12.5 Å². The second kappa shape index (κ2) is 8.67. The normalized spacial score (nSPS) is 18.8. The summed E-state index contributed by atoms with van der Waals surface area (Å²) in [5.41, 5.74) is 7.93. The first kappa shape index (κ1) is 21.1. The third-order valence-corrected chi connectivity index (χ3v) is 5.07. The molecule has 2 atom stereocenters. The Morgan fingerprint density at radius 1 is 1.00 bits per heavy atom. The Hall–Kier alpha value is -2.18. The van der Waals surface area contributed by atoms with E-state index >= 15 is 0 Å². The summed E-state index contributed by atoms with van der Waals surface area (Å²) in [6.45, 7) is 1.99. The van der Waals surface area contributed by atoms with Gasteiger partial charge < -0.3 is 35.4 Å². The number of aryl methyl sites for hydroxylation is 2. The van der Waals surface area contributed by atoms with E-state index in [4.69, 9.17) is 5.73 Å². The van der Waals surface area contributed by atoms with E-state index in [1.54, 1.807) is 0 Å². The lowest BCUT2D eigenvalue weighted by molar-refractivity contribution is -0.671. The molecule has 1 aliphatic rings. The number of benzene rings is 1. The van der Waals surface area contributed by atoms with E-state index in [9.17, 15) is 0 Å². The third kappa shape index (κ3) is 4.57. The molecular weight excluding hydrogens is 383 g/mol. The lowest BCUT2D eigenvalue weighted by Gasteiger charge is -2.25. The van der Waals surface area contributed by atoms with Gasteiger partial charge in [-0.1, -0.05) is 0 Å². The number of anilines is 2. The maximum atomic E-state index is 5.88. The first-order valence-corrected chi connectivity index (χ1v) is 8.74. The van der Waals surface area contributed by atoms with E-state index in [1.807, 2.05) is 12.1 Å². The number of aromatic nitrogens is 4. The fourth-order valence-corrected chi connectivity index (χ4v) is 3.80. The van der Waals surface area contributed by atoms with Crippen LogP contribution in [0.4, 0.5) is 11.4 Å². The molecule has 2 unspecified atom stereocenters. The fraction of sp³-hybridized carbons (Fsp3) is 0.368. The van der Waals surface area contributed by atoms with Crippen molar-refractivity contribution < 1.29 is 33.9 Å². The molecule has 3 aromatic rings. The van der Waals surface area contributed by atoms with Gasteiger partial charge in [0.15, 0.2) is 0 Å². The van der Waals surface area contributed by atoms with Crippen LogP contribution in [0.15, 0.2) is 61.7 Å². The monoisotopic (exact) mass is 408 g/mol. The number of halogens is 2. The first-order chi connectivity index (χ1) is 12.1. The number of imidazole rings is 2. The first-order valence-electron chi connectivity index (χ1n) is 8.74. The largest absolute Gasteiger partial charge is 1.00 e. The number of hydrogen-bond acceptors (Lipinski definition) is 2. The second-order valence-electron chi connectivity index (χ2n) is 7.09. The number of nitrogens with zero attached hydrogens (tertiary/aromatic N) is 5. The van der Waals surface area contributed by atoms with Crippen LogP contribution in [-0.2, 0) is 20.6 Å². The average molecular weight is 409 g/mol. The highest BCUT2D eigenvalue weighted by molar-refractivity contribution is 5.54. The van der Waals surface area contributed by atoms with Crippen molar-refractivity contribution in [3.8, 4) is 0 Å². The summed E-state index contributed by atoms with van der Waals surface area (Å²) in [4.78, 5) is 2.52. The van der Waals surface area contributed by atoms with Crippen LogP contribution in [-0.4, -0.2) is 21.7 Å². The third-order valence-electron chi connectivity index (χ3n) is 5.07. The number of hydrogen-bond donors (Lipinski definition) is 1. The molecule has 1 aliphatic heterocycles. The number of rotatable bonds is 4. The maximum Gasteiger partial charge on any atom is 0.243 e. The van der Waals surface area contributed by atoms with Gasteiger partial charge in [-0.15, -0.1) is 0 Å². The Labute approximate surface area is 172 Å². The SMILES string of the molecule is C[n+]1ccn(CC2CC(n3cc[n+](C)c3)CN2c2ccc(N)cc2)c1.[Cl-].[Cl-]. The standard InChI is InChI=1S/C19H26N6.2ClH/c1-21-7-9-23(14-21)12-19-11-18(24-10-8-22(2)15-24)13-25(19)17-5-3-16(20)4-6-17;;/h3-10,14-15,18-19H,11-13,20H2,1-2H3;2*1H/q+2;;/p-2. The highest BCUT2D eigenvalue weighted by atomic mass is 35.5. The van der Waals surface area contributed by atoms with Crippen molar-refractivity contribution in [1.82, 2.24) is 9.13 Å². The van der Waals surface area contributed by atoms with Gasteiger partial charge in [-0.05, 0) is 24.3 Å². The molecule has 8 heteroatoms. The molecule has 0 saturated carbocycles. The zero-order valence-corrected chi connectivity index (χ0v) is 17.1. The van der Waals surface area contributed by atoms with Crippen molar-refractivity contribution in [3.63, 3.8) is 0 Å². The lowest BCUT2D eigenvalue weighted by atomic mass is 10.1. The van der Waals surface area contributed by atoms with E-state index in [0.717, 1.165) is 25.2 Å². The molecule has 6 nitrogen and oxygen atoms in total. The molecule has 4 rings (SSSR count). The summed E-state index contributed by atoms with van der Waals surface area (Å²) in [6, 6.07) is 9.18. The molecule has 1 fully saturated rings.